The topological polar surface area (TPSA) is 98.2 Å². The highest BCUT2D eigenvalue weighted by Crippen LogP contribution is 2.24. The average molecular weight is 432 g/mol. The Morgan fingerprint density at radius 2 is 1.79 bits per heavy atom. The molecule has 0 unspecified atom stereocenters. The highest BCUT2D eigenvalue weighted by molar-refractivity contribution is 6.04. The third-order valence-electron chi connectivity index (χ3n) is 5.25. The monoisotopic (exact) mass is 432 g/mol. The van der Waals surface area contributed by atoms with Crippen molar-refractivity contribution in [2.24, 2.45) is 0 Å². The number of amides is 1. The van der Waals surface area contributed by atoms with Gasteiger partial charge in [0.05, 0.1) is 5.69 Å². The van der Waals surface area contributed by atoms with Gasteiger partial charge in [0.1, 0.15) is 5.58 Å². The van der Waals surface area contributed by atoms with E-state index in [1.54, 1.807) is 23.0 Å². The summed E-state index contributed by atoms with van der Waals surface area (Å²) in [5.41, 5.74) is 4.31. The minimum atomic E-state index is -0.315. The van der Waals surface area contributed by atoms with Crippen LogP contribution in [0.4, 0.5) is 5.69 Å². The van der Waals surface area contributed by atoms with Gasteiger partial charge in [-0.3, -0.25) is 9.78 Å². The maximum Gasteiger partial charge on any atom is 0.291 e. The van der Waals surface area contributed by atoms with Crippen LogP contribution in [0.1, 0.15) is 10.6 Å². The first-order valence-corrected chi connectivity index (χ1v) is 10.3. The molecule has 6 aromatic rings. The van der Waals surface area contributed by atoms with Crippen molar-refractivity contribution in [1.29, 1.82) is 0 Å². The molecule has 0 bridgehead atoms. The predicted octanol–water partition coefficient (Wildman–Crippen LogP) is 4.85. The van der Waals surface area contributed by atoms with Crippen LogP contribution in [0.15, 0.2) is 95.7 Å². The fourth-order valence-electron chi connectivity index (χ4n) is 3.66. The predicted molar refractivity (Wildman–Crippen MR) is 124 cm³/mol. The summed E-state index contributed by atoms with van der Waals surface area (Å²) < 4.78 is 7.35. The number of para-hydroxylation sites is 1. The standard InChI is InChI=1S/C25H16N6O2/c32-25(22-14-17-5-1-2-9-21(17)33-22)27-19-8-3-6-16(13-19)20-10-11-23-28-29-24(31(23)30-20)18-7-4-12-26-15-18/h1-15H,(H,27,32). The summed E-state index contributed by atoms with van der Waals surface area (Å²) in [6.45, 7) is 0. The molecule has 0 fully saturated rings. The highest BCUT2D eigenvalue weighted by Gasteiger charge is 2.14. The smallest absolute Gasteiger partial charge is 0.291 e. The van der Waals surface area contributed by atoms with E-state index in [0.717, 1.165) is 16.5 Å². The number of anilines is 1. The molecule has 6 rings (SSSR count). The number of hydrogen-bond donors (Lipinski definition) is 1. The van der Waals surface area contributed by atoms with E-state index >= 15 is 0 Å². The largest absolute Gasteiger partial charge is 0.451 e. The van der Waals surface area contributed by atoms with Gasteiger partial charge in [-0.25, -0.2) is 0 Å². The second-order valence-corrected chi connectivity index (χ2v) is 7.44. The van der Waals surface area contributed by atoms with Gasteiger partial charge in [0.2, 0.25) is 0 Å². The van der Waals surface area contributed by atoms with E-state index in [0.29, 0.717) is 28.4 Å². The number of furan rings is 1. The van der Waals surface area contributed by atoms with E-state index in [-0.39, 0.29) is 11.7 Å². The third kappa shape index (κ3) is 3.49. The molecule has 8 heteroatoms. The molecule has 1 N–H and O–H groups in total. The number of fused-ring (bicyclic) bond motifs is 2. The SMILES string of the molecule is O=C(Nc1cccc(-c2ccc3nnc(-c4cccnc4)n3n2)c1)c1cc2ccccc2o1. The maximum absolute atomic E-state index is 12.7. The van der Waals surface area contributed by atoms with E-state index in [2.05, 4.69) is 20.5 Å². The Morgan fingerprint density at radius 3 is 2.67 bits per heavy atom. The molecule has 0 radical (unpaired) electrons. The molecule has 1 amide bonds. The Morgan fingerprint density at radius 1 is 0.879 bits per heavy atom. The van der Waals surface area contributed by atoms with Crippen molar-refractivity contribution in [3.05, 3.63) is 97.0 Å². The quantitative estimate of drug-likeness (QED) is 0.428. The van der Waals surface area contributed by atoms with Crippen LogP contribution < -0.4 is 5.32 Å². The summed E-state index contributed by atoms with van der Waals surface area (Å²) in [6, 6.07) is 24.2. The number of nitrogens with one attached hydrogen (secondary N) is 1. The molecule has 4 heterocycles. The number of pyridine rings is 1. The first-order valence-electron chi connectivity index (χ1n) is 10.3. The Kier molecular flexibility index (Phi) is 4.40. The molecule has 2 aromatic carbocycles. The van der Waals surface area contributed by atoms with Crippen molar-refractivity contribution < 1.29 is 9.21 Å². The van der Waals surface area contributed by atoms with Crippen molar-refractivity contribution in [1.82, 2.24) is 24.8 Å². The van der Waals surface area contributed by atoms with Gasteiger partial charge in [-0.15, -0.1) is 10.2 Å². The van der Waals surface area contributed by atoms with Gasteiger partial charge in [-0.1, -0.05) is 30.3 Å². The lowest BCUT2D eigenvalue weighted by Gasteiger charge is -2.07. The van der Waals surface area contributed by atoms with Crippen molar-refractivity contribution in [3.63, 3.8) is 0 Å². The lowest BCUT2D eigenvalue weighted by molar-refractivity contribution is 0.0998. The Balaban J connectivity index is 1.32. The zero-order valence-corrected chi connectivity index (χ0v) is 17.2. The van der Waals surface area contributed by atoms with E-state index < -0.39 is 0 Å². The highest BCUT2D eigenvalue weighted by atomic mass is 16.3. The average Bonchev–Trinajstić information content (AvgIpc) is 3.49. The van der Waals surface area contributed by atoms with Gasteiger partial charge in [-0.05, 0) is 48.5 Å². The molecule has 0 saturated heterocycles. The zero-order valence-electron chi connectivity index (χ0n) is 17.2. The Labute approximate surface area is 187 Å². The number of aromatic nitrogens is 5. The molecule has 8 nitrogen and oxygen atoms in total. The Hall–Kier alpha value is -4.85. The first-order chi connectivity index (χ1) is 16.2. The van der Waals surface area contributed by atoms with Gasteiger partial charge in [0.25, 0.3) is 5.91 Å². The Bertz CT molecular complexity index is 1590. The first kappa shape index (κ1) is 18.9. The van der Waals surface area contributed by atoms with E-state index in [1.807, 2.05) is 72.8 Å². The van der Waals surface area contributed by atoms with E-state index in [1.165, 1.54) is 0 Å². The molecule has 0 aliphatic heterocycles. The molecule has 33 heavy (non-hydrogen) atoms. The molecular weight excluding hydrogens is 416 g/mol. The minimum absolute atomic E-state index is 0.256. The van der Waals surface area contributed by atoms with Gasteiger partial charge in [-0.2, -0.15) is 9.61 Å². The lowest BCUT2D eigenvalue weighted by Crippen LogP contribution is -2.10. The van der Waals surface area contributed by atoms with Gasteiger partial charge in [0.15, 0.2) is 17.2 Å². The molecule has 0 aliphatic rings. The summed E-state index contributed by atoms with van der Waals surface area (Å²) in [4.78, 5) is 16.9. The van der Waals surface area contributed by atoms with Crippen molar-refractivity contribution in [2.75, 3.05) is 5.32 Å². The lowest BCUT2D eigenvalue weighted by atomic mass is 10.1. The number of carbonyl (C=O) groups excluding carboxylic acids is 1. The second-order valence-electron chi connectivity index (χ2n) is 7.44. The van der Waals surface area contributed by atoms with Gasteiger partial charge >= 0.3 is 0 Å². The van der Waals surface area contributed by atoms with Crippen molar-refractivity contribution in [3.8, 4) is 22.6 Å². The van der Waals surface area contributed by atoms with Crippen LogP contribution in [0.5, 0.6) is 0 Å². The van der Waals surface area contributed by atoms with Crippen LogP contribution >= 0.6 is 0 Å². The molecule has 0 saturated carbocycles. The van der Waals surface area contributed by atoms with Crippen LogP contribution in [-0.4, -0.2) is 30.7 Å². The summed E-state index contributed by atoms with van der Waals surface area (Å²) in [5, 5.41) is 16.9. The summed E-state index contributed by atoms with van der Waals surface area (Å²) in [7, 11) is 0. The fraction of sp³-hybridized carbons (Fsp3) is 0. The summed E-state index contributed by atoms with van der Waals surface area (Å²) in [6.07, 6.45) is 3.43. The number of rotatable bonds is 4. The van der Waals surface area contributed by atoms with Crippen LogP contribution in [0.25, 0.3) is 39.3 Å². The van der Waals surface area contributed by atoms with Crippen LogP contribution in [-0.2, 0) is 0 Å². The maximum atomic E-state index is 12.7. The molecule has 4 aromatic heterocycles. The molecule has 0 spiro atoms. The zero-order chi connectivity index (χ0) is 22.2. The van der Waals surface area contributed by atoms with E-state index in [4.69, 9.17) is 9.52 Å². The van der Waals surface area contributed by atoms with Gasteiger partial charge < -0.3 is 9.73 Å². The number of benzene rings is 2. The third-order valence-corrected chi connectivity index (χ3v) is 5.25. The normalized spacial score (nSPS) is 11.2. The van der Waals surface area contributed by atoms with Crippen LogP contribution in [0.2, 0.25) is 0 Å². The number of hydrogen-bond acceptors (Lipinski definition) is 6. The van der Waals surface area contributed by atoms with Crippen molar-refractivity contribution >= 4 is 28.2 Å². The second kappa shape index (κ2) is 7.69. The fourth-order valence-corrected chi connectivity index (χ4v) is 3.66. The molecule has 0 atom stereocenters. The van der Waals surface area contributed by atoms with Crippen molar-refractivity contribution in [2.45, 2.75) is 0 Å². The summed E-state index contributed by atoms with van der Waals surface area (Å²) in [5.74, 6) is 0.547. The number of nitrogens with zero attached hydrogens (tertiary/aromatic N) is 5. The van der Waals surface area contributed by atoms with Crippen LogP contribution in [0.3, 0.4) is 0 Å². The summed E-state index contributed by atoms with van der Waals surface area (Å²) >= 11 is 0. The molecule has 158 valence electrons. The van der Waals surface area contributed by atoms with Crippen LogP contribution in [0, 0.1) is 0 Å². The molecule has 0 aliphatic carbocycles. The van der Waals surface area contributed by atoms with Gasteiger partial charge in [0, 0.05) is 34.6 Å². The minimum Gasteiger partial charge on any atom is -0.451 e. The van der Waals surface area contributed by atoms with E-state index in [9.17, 15) is 4.79 Å². The number of carbonyl (C=O) groups is 1. The molecular formula is C25H16N6O2.